The third kappa shape index (κ3) is 3.50. The van der Waals surface area contributed by atoms with Crippen LogP contribution in [0.3, 0.4) is 0 Å². The maximum atomic E-state index is 2.56. The third-order valence-corrected chi connectivity index (χ3v) is 11.3. The van der Waals surface area contributed by atoms with Crippen LogP contribution in [0.1, 0.15) is 61.1 Å². The summed E-state index contributed by atoms with van der Waals surface area (Å²) in [5, 5.41) is 5.34. The third-order valence-electron chi connectivity index (χ3n) is 11.3. The molecule has 0 saturated heterocycles. The van der Waals surface area contributed by atoms with Gasteiger partial charge in [-0.15, -0.1) is 0 Å². The standard InChI is InChI=1S/C46H38/c1-27-15-7-9-17-29(27)43-35-23-33-31-19-11-13-21-39(31)45(3,4)41(33)25-37(35)44(30-18-10-8-16-28(30)2)38-26-42-34(24-36(38)43)32-20-12-14-22-40(32)46(42,5)6/h7-26H,1-6H3. The van der Waals surface area contributed by atoms with Gasteiger partial charge in [0.05, 0.1) is 0 Å². The highest BCUT2D eigenvalue weighted by Gasteiger charge is 2.38. The highest BCUT2D eigenvalue weighted by Crippen LogP contribution is 2.56. The molecule has 0 heterocycles. The van der Waals surface area contributed by atoms with Crippen molar-refractivity contribution in [3.05, 3.63) is 155 Å². The van der Waals surface area contributed by atoms with E-state index in [0.717, 1.165) is 0 Å². The molecule has 0 aliphatic heterocycles. The molecular weight excluding hydrogens is 553 g/mol. The van der Waals surface area contributed by atoms with Crippen LogP contribution in [-0.4, -0.2) is 0 Å². The zero-order valence-corrected chi connectivity index (χ0v) is 27.5. The Morgan fingerprint density at radius 2 is 0.652 bits per heavy atom. The molecule has 2 aliphatic rings. The Morgan fingerprint density at radius 1 is 0.326 bits per heavy atom. The number of benzene rings is 7. The lowest BCUT2D eigenvalue weighted by atomic mass is 9.77. The molecular formula is C46H38. The van der Waals surface area contributed by atoms with E-state index in [0.29, 0.717) is 0 Å². The molecule has 0 heteroatoms. The van der Waals surface area contributed by atoms with E-state index in [-0.39, 0.29) is 10.8 Å². The van der Waals surface area contributed by atoms with Crippen molar-refractivity contribution in [2.45, 2.75) is 52.4 Å². The largest absolute Gasteiger partial charge is 0.0620 e. The molecule has 7 aromatic rings. The van der Waals surface area contributed by atoms with Crippen LogP contribution in [-0.2, 0) is 10.8 Å². The van der Waals surface area contributed by atoms with Crippen molar-refractivity contribution in [2.75, 3.05) is 0 Å². The van der Waals surface area contributed by atoms with Crippen LogP contribution in [0.15, 0.2) is 121 Å². The minimum atomic E-state index is -0.0809. The van der Waals surface area contributed by atoms with Gasteiger partial charge in [-0.05, 0) is 138 Å². The van der Waals surface area contributed by atoms with Gasteiger partial charge in [-0.3, -0.25) is 0 Å². The van der Waals surface area contributed by atoms with Crippen molar-refractivity contribution < 1.29 is 0 Å². The number of rotatable bonds is 2. The topological polar surface area (TPSA) is 0 Å². The van der Waals surface area contributed by atoms with E-state index in [9.17, 15) is 0 Å². The van der Waals surface area contributed by atoms with Crippen molar-refractivity contribution in [1.82, 2.24) is 0 Å². The van der Waals surface area contributed by atoms with Crippen LogP contribution < -0.4 is 0 Å². The summed E-state index contributed by atoms with van der Waals surface area (Å²) in [6, 6.07) is 46.2. The number of aryl methyl sites for hydroxylation is 2. The van der Waals surface area contributed by atoms with E-state index < -0.39 is 0 Å². The lowest BCUT2D eigenvalue weighted by Gasteiger charge is -2.26. The number of hydrogen-bond donors (Lipinski definition) is 0. The van der Waals surface area contributed by atoms with Crippen LogP contribution in [0, 0.1) is 13.8 Å². The fourth-order valence-corrected chi connectivity index (χ4v) is 8.90. The number of hydrogen-bond acceptors (Lipinski definition) is 0. The summed E-state index contributed by atoms with van der Waals surface area (Å²) in [5.41, 5.74) is 18.9. The second kappa shape index (κ2) is 9.30. The van der Waals surface area contributed by atoms with Gasteiger partial charge in [0.2, 0.25) is 0 Å². The maximum Gasteiger partial charge on any atom is 0.0159 e. The van der Waals surface area contributed by atoms with Crippen molar-refractivity contribution in [3.8, 4) is 44.5 Å². The van der Waals surface area contributed by atoms with E-state index in [1.807, 2.05) is 0 Å². The quantitative estimate of drug-likeness (QED) is 0.176. The zero-order valence-electron chi connectivity index (χ0n) is 27.5. The fourth-order valence-electron chi connectivity index (χ4n) is 8.90. The molecule has 0 saturated carbocycles. The first-order valence-electron chi connectivity index (χ1n) is 16.6. The van der Waals surface area contributed by atoms with E-state index in [2.05, 4.69) is 163 Å². The number of fused-ring (bicyclic) bond motifs is 8. The van der Waals surface area contributed by atoms with Gasteiger partial charge in [-0.2, -0.15) is 0 Å². The molecule has 9 rings (SSSR count). The molecule has 222 valence electrons. The van der Waals surface area contributed by atoms with Gasteiger partial charge in [0.1, 0.15) is 0 Å². The van der Waals surface area contributed by atoms with Gasteiger partial charge in [0.15, 0.2) is 0 Å². The van der Waals surface area contributed by atoms with Crippen LogP contribution >= 0.6 is 0 Å². The second-order valence-corrected chi connectivity index (χ2v) is 14.6. The second-order valence-electron chi connectivity index (χ2n) is 14.6. The normalized spacial score (nSPS) is 15.1. The molecule has 0 amide bonds. The average molecular weight is 591 g/mol. The highest BCUT2D eigenvalue weighted by atomic mass is 14.4. The van der Waals surface area contributed by atoms with Gasteiger partial charge in [-0.25, -0.2) is 0 Å². The fraction of sp³-hybridized carbons (Fsp3) is 0.174. The molecule has 0 nitrogen and oxygen atoms in total. The van der Waals surface area contributed by atoms with Crippen LogP contribution in [0.4, 0.5) is 0 Å². The summed E-state index contributed by atoms with van der Waals surface area (Å²) < 4.78 is 0. The Morgan fingerprint density at radius 3 is 1.04 bits per heavy atom. The molecule has 0 atom stereocenters. The molecule has 0 bridgehead atoms. The van der Waals surface area contributed by atoms with Crippen molar-refractivity contribution in [1.29, 1.82) is 0 Å². The summed E-state index contributed by atoms with van der Waals surface area (Å²) in [6.45, 7) is 14.1. The first-order valence-corrected chi connectivity index (χ1v) is 16.6. The summed E-state index contributed by atoms with van der Waals surface area (Å²) in [4.78, 5) is 0. The Kier molecular flexibility index (Phi) is 5.54. The molecule has 0 aromatic heterocycles. The van der Waals surface area contributed by atoms with Gasteiger partial charge < -0.3 is 0 Å². The predicted octanol–water partition coefficient (Wildman–Crippen LogP) is 12.6. The molecule has 0 fully saturated rings. The van der Waals surface area contributed by atoms with Gasteiger partial charge in [0, 0.05) is 10.8 Å². The molecule has 7 aromatic carbocycles. The molecule has 2 aliphatic carbocycles. The molecule has 0 radical (unpaired) electrons. The lowest BCUT2D eigenvalue weighted by molar-refractivity contribution is 0.661. The predicted molar refractivity (Wildman–Crippen MR) is 197 cm³/mol. The molecule has 0 spiro atoms. The first kappa shape index (κ1) is 27.4. The van der Waals surface area contributed by atoms with E-state index in [4.69, 9.17) is 0 Å². The summed E-state index contributed by atoms with van der Waals surface area (Å²) in [5.74, 6) is 0. The SMILES string of the molecule is Cc1ccccc1-c1c2cc3c(cc2c(-c2ccccc2C)c2cc4c(cc12)-c1ccccc1C4(C)C)C(C)(C)c1ccccc1-3. The van der Waals surface area contributed by atoms with Crippen LogP contribution in [0.25, 0.3) is 66.1 Å². The Labute approximate surface area is 272 Å². The average Bonchev–Trinajstić information content (AvgIpc) is 3.42. The summed E-state index contributed by atoms with van der Waals surface area (Å²) in [7, 11) is 0. The zero-order chi connectivity index (χ0) is 31.5. The van der Waals surface area contributed by atoms with E-state index >= 15 is 0 Å². The molecule has 0 unspecified atom stereocenters. The minimum absolute atomic E-state index is 0.0809. The lowest BCUT2D eigenvalue weighted by Crippen LogP contribution is -2.15. The van der Waals surface area contributed by atoms with E-state index in [1.54, 1.807) is 0 Å². The summed E-state index contributed by atoms with van der Waals surface area (Å²) >= 11 is 0. The van der Waals surface area contributed by atoms with Gasteiger partial charge >= 0.3 is 0 Å². The first-order chi connectivity index (χ1) is 22.2. The van der Waals surface area contributed by atoms with Crippen LogP contribution in [0.5, 0.6) is 0 Å². The van der Waals surface area contributed by atoms with Crippen molar-refractivity contribution >= 4 is 21.5 Å². The maximum absolute atomic E-state index is 2.56. The Balaban J connectivity index is 1.55. The monoisotopic (exact) mass is 590 g/mol. The van der Waals surface area contributed by atoms with Gasteiger partial charge in [0.25, 0.3) is 0 Å². The molecule has 0 N–H and O–H groups in total. The Hall–Kier alpha value is -4.94. The minimum Gasteiger partial charge on any atom is -0.0620 e. The smallest absolute Gasteiger partial charge is 0.0159 e. The highest BCUT2D eigenvalue weighted by molar-refractivity contribution is 6.24. The van der Waals surface area contributed by atoms with Crippen LogP contribution in [0.2, 0.25) is 0 Å². The van der Waals surface area contributed by atoms with Gasteiger partial charge in [-0.1, -0.05) is 125 Å². The van der Waals surface area contributed by atoms with Crippen molar-refractivity contribution in [2.24, 2.45) is 0 Å². The Bertz CT molecular complexity index is 2310. The summed E-state index contributed by atoms with van der Waals surface area (Å²) in [6.07, 6.45) is 0. The van der Waals surface area contributed by atoms with Crippen molar-refractivity contribution in [3.63, 3.8) is 0 Å². The molecule has 46 heavy (non-hydrogen) atoms. The van der Waals surface area contributed by atoms with E-state index in [1.165, 1.54) is 99.4 Å².